The van der Waals surface area contributed by atoms with Gasteiger partial charge in [0.05, 0.1) is 12.3 Å². The van der Waals surface area contributed by atoms with Crippen molar-refractivity contribution in [2.45, 2.75) is 12.6 Å². The number of hydrogen-bond acceptors (Lipinski definition) is 4. The second-order valence-electron chi connectivity index (χ2n) is 7.17. The zero-order valence-corrected chi connectivity index (χ0v) is 17.2. The zero-order chi connectivity index (χ0) is 22.4. The Labute approximate surface area is 178 Å². The lowest BCUT2D eigenvalue weighted by molar-refractivity contribution is -0.141. The van der Waals surface area contributed by atoms with Crippen LogP contribution in [0, 0.1) is 0 Å². The normalized spacial score (nSPS) is 11.5. The minimum absolute atomic E-state index is 0.331. The molecule has 0 radical (unpaired) electrons. The largest absolute Gasteiger partial charge is 0.494 e. The fraction of sp³-hybridized carbons (Fsp3) is 0.273. The number of nitrogens with zero attached hydrogens (tertiary/aromatic N) is 3. The number of anilines is 1. The van der Waals surface area contributed by atoms with E-state index in [-0.39, 0.29) is 5.91 Å². The van der Waals surface area contributed by atoms with Gasteiger partial charge in [0.2, 0.25) is 0 Å². The van der Waals surface area contributed by atoms with Crippen LogP contribution in [-0.2, 0) is 6.18 Å². The van der Waals surface area contributed by atoms with Gasteiger partial charge in [0.15, 0.2) is 5.69 Å². The summed E-state index contributed by atoms with van der Waals surface area (Å²) in [7, 11) is 4.01. The van der Waals surface area contributed by atoms with Gasteiger partial charge in [-0.25, -0.2) is 4.68 Å². The van der Waals surface area contributed by atoms with Gasteiger partial charge in [0, 0.05) is 24.0 Å². The van der Waals surface area contributed by atoms with E-state index in [4.69, 9.17) is 4.74 Å². The van der Waals surface area contributed by atoms with Crippen LogP contribution in [0.2, 0.25) is 0 Å². The quantitative estimate of drug-likeness (QED) is 0.534. The summed E-state index contributed by atoms with van der Waals surface area (Å²) in [5, 5.41) is 6.29. The van der Waals surface area contributed by atoms with Crippen molar-refractivity contribution in [1.29, 1.82) is 0 Å². The van der Waals surface area contributed by atoms with Crippen LogP contribution in [-0.4, -0.2) is 47.8 Å². The summed E-state index contributed by atoms with van der Waals surface area (Å²) in [5.41, 5.74) is 0.426. The maximum atomic E-state index is 12.7. The van der Waals surface area contributed by atoms with Crippen LogP contribution in [0.1, 0.15) is 22.5 Å². The molecule has 0 atom stereocenters. The van der Waals surface area contributed by atoms with Crippen molar-refractivity contribution < 1.29 is 22.7 Å². The van der Waals surface area contributed by atoms with Gasteiger partial charge in [-0.05, 0) is 75.1 Å². The fourth-order valence-corrected chi connectivity index (χ4v) is 2.79. The Balaban J connectivity index is 1.56. The first-order chi connectivity index (χ1) is 14.7. The lowest BCUT2D eigenvalue weighted by Gasteiger charge is -2.11. The summed E-state index contributed by atoms with van der Waals surface area (Å²) in [6, 6.07) is 14.1. The van der Waals surface area contributed by atoms with E-state index < -0.39 is 11.9 Å². The van der Waals surface area contributed by atoms with Gasteiger partial charge >= 0.3 is 6.18 Å². The van der Waals surface area contributed by atoms with Crippen LogP contribution in [0.15, 0.2) is 60.8 Å². The molecule has 3 rings (SSSR count). The number of rotatable bonds is 8. The van der Waals surface area contributed by atoms with E-state index in [0.29, 0.717) is 23.5 Å². The molecule has 3 aromatic rings. The first-order valence-corrected chi connectivity index (χ1v) is 9.64. The first kappa shape index (κ1) is 22.4. The molecule has 6 nitrogen and oxygen atoms in total. The summed E-state index contributed by atoms with van der Waals surface area (Å²) < 4.78 is 44.8. The number of aromatic nitrogens is 2. The molecule has 0 aliphatic rings. The Hall–Kier alpha value is -3.33. The highest BCUT2D eigenvalue weighted by molar-refractivity contribution is 6.04. The first-order valence-electron chi connectivity index (χ1n) is 9.64. The SMILES string of the molecule is CN(C)CCCOc1ccc(NC(=O)c2ccc(-n3ccc(C(F)(F)F)n3)cc2)cc1. The number of nitrogens with one attached hydrogen (secondary N) is 1. The minimum atomic E-state index is -4.50. The molecule has 0 aliphatic heterocycles. The van der Waals surface area contributed by atoms with Gasteiger partial charge in [-0.2, -0.15) is 18.3 Å². The number of halogens is 3. The third-order valence-electron chi connectivity index (χ3n) is 4.40. The average molecular weight is 432 g/mol. The van der Waals surface area contributed by atoms with Crippen molar-refractivity contribution in [3.8, 4) is 11.4 Å². The highest BCUT2D eigenvalue weighted by atomic mass is 19.4. The molecule has 0 bridgehead atoms. The van der Waals surface area contributed by atoms with E-state index in [1.165, 1.54) is 30.5 Å². The maximum Gasteiger partial charge on any atom is 0.435 e. The van der Waals surface area contributed by atoms with Crippen molar-refractivity contribution in [2.75, 3.05) is 32.6 Å². The molecule has 2 aromatic carbocycles. The Morgan fingerprint density at radius 2 is 1.74 bits per heavy atom. The smallest absolute Gasteiger partial charge is 0.435 e. The molecule has 0 saturated carbocycles. The summed E-state index contributed by atoms with van der Waals surface area (Å²) in [5.74, 6) is 0.390. The molecule has 1 aromatic heterocycles. The number of alkyl halides is 3. The molecule has 1 amide bonds. The van der Waals surface area contributed by atoms with Crippen LogP contribution in [0.4, 0.5) is 18.9 Å². The highest BCUT2D eigenvalue weighted by Gasteiger charge is 2.33. The summed E-state index contributed by atoms with van der Waals surface area (Å²) in [6.45, 7) is 1.55. The van der Waals surface area contributed by atoms with Crippen molar-refractivity contribution in [2.24, 2.45) is 0 Å². The molecule has 0 saturated heterocycles. The van der Waals surface area contributed by atoms with E-state index in [1.807, 2.05) is 14.1 Å². The number of carbonyl (C=O) groups is 1. The highest BCUT2D eigenvalue weighted by Crippen LogP contribution is 2.28. The maximum absolute atomic E-state index is 12.7. The van der Waals surface area contributed by atoms with Gasteiger partial charge in [-0.3, -0.25) is 4.79 Å². The van der Waals surface area contributed by atoms with Gasteiger partial charge < -0.3 is 15.0 Å². The summed E-state index contributed by atoms with van der Waals surface area (Å²) in [4.78, 5) is 14.5. The molecule has 0 aliphatic carbocycles. The van der Waals surface area contributed by atoms with Crippen molar-refractivity contribution >= 4 is 11.6 Å². The van der Waals surface area contributed by atoms with Crippen molar-refractivity contribution in [3.63, 3.8) is 0 Å². The molecule has 1 N–H and O–H groups in total. The van der Waals surface area contributed by atoms with Crippen LogP contribution in [0.5, 0.6) is 5.75 Å². The topological polar surface area (TPSA) is 59.4 Å². The number of benzene rings is 2. The standard InChI is InChI=1S/C22H23F3N4O2/c1-28(2)13-3-15-31-19-10-6-17(7-11-19)26-21(30)16-4-8-18(9-5-16)29-14-12-20(27-29)22(23,24)25/h4-12,14H,3,13,15H2,1-2H3,(H,26,30). The molecule has 31 heavy (non-hydrogen) atoms. The number of hydrogen-bond donors (Lipinski definition) is 1. The van der Waals surface area contributed by atoms with Gasteiger partial charge in [-0.1, -0.05) is 0 Å². The van der Waals surface area contributed by atoms with Gasteiger partial charge in [0.1, 0.15) is 5.75 Å². The second-order valence-corrected chi connectivity index (χ2v) is 7.17. The van der Waals surface area contributed by atoms with Crippen LogP contribution >= 0.6 is 0 Å². The van der Waals surface area contributed by atoms with Gasteiger partial charge in [0.25, 0.3) is 5.91 Å². The number of amides is 1. The molecule has 164 valence electrons. The molecular formula is C22H23F3N4O2. The third-order valence-corrected chi connectivity index (χ3v) is 4.40. The Bertz CT molecular complexity index is 997. The van der Waals surface area contributed by atoms with Crippen molar-refractivity contribution in [3.05, 3.63) is 72.1 Å². The van der Waals surface area contributed by atoms with Crippen LogP contribution < -0.4 is 10.1 Å². The molecule has 0 unspecified atom stereocenters. The predicted molar refractivity (Wildman–Crippen MR) is 112 cm³/mol. The third kappa shape index (κ3) is 6.32. The second kappa shape index (κ2) is 9.65. The van der Waals surface area contributed by atoms with E-state index >= 15 is 0 Å². The minimum Gasteiger partial charge on any atom is -0.494 e. The van der Waals surface area contributed by atoms with E-state index in [2.05, 4.69) is 15.3 Å². The van der Waals surface area contributed by atoms with E-state index in [1.54, 1.807) is 24.3 Å². The molecule has 9 heteroatoms. The lowest BCUT2D eigenvalue weighted by atomic mass is 10.2. The Morgan fingerprint density at radius 1 is 1.06 bits per heavy atom. The zero-order valence-electron chi connectivity index (χ0n) is 17.2. The lowest BCUT2D eigenvalue weighted by Crippen LogP contribution is -2.15. The number of carbonyl (C=O) groups excluding carboxylic acids is 1. The Morgan fingerprint density at radius 3 is 2.32 bits per heavy atom. The summed E-state index contributed by atoms with van der Waals surface area (Å²) in [6.07, 6.45) is -2.36. The monoisotopic (exact) mass is 432 g/mol. The molecule has 0 spiro atoms. The predicted octanol–water partition coefficient (Wildman–Crippen LogP) is 4.47. The van der Waals surface area contributed by atoms with Gasteiger partial charge in [-0.15, -0.1) is 0 Å². The molecule has 1 heterocycles. The summed E-state index contributed by atoms with van der Waals surface area (Å²) >= 11 is 0. The number of ether oxygens (including phenoxy) is 1. The van der Waals surface area contributed by atoms with E-state index in [0.717, 1.165) is 29.5 Å². The van der Waals surface area contributed by atoms with Crippen LogP contribution in [0.3, 0.4) is 0 Å². The fourth-order valence-electron chi connectivity index (χ4n) is 2.79. The molecule has 0 fully saturated rings. The van der Waals surface area contributed by atoms with Crippen LogP contribution in [0.25, 0.3) is 5.69 Å². The van der Waals surface area contributed by atoms with Crippen molar-refractivity contribution in [1.82, 2.24) is 14.7 Å². The Kier molecular flexibility index (Phi) is 6.96. The molecular weight excluding hydrogens is 409 g/mol. The average Bonchev–Trinajstić information content (AvgIpc) is 3.23. The van der Waals surface area contributed by atoms with E-state index in [9.17, 15) is 18.0 Å².